The van der Waals surface area contributed by atoms with Gasteiger partial charge in [0.05, 0.1) is 23.0 Å². The highest BCUT2D eigenvalue weighted by Gasteiger charge is 2.21. The minimum Gasteiger partial charge on any atom is -0.376 e. The van der Waals surface area contributed by atoms with Gasteiger partial charge < -0.3 is 4.74 Å². The molecular weight excluding hydrogens is 392 g/mol. The third kappa shape index (κ3) is 4.01. The number of nitro groups is 1. The monoisotopic (exact) mass is 412 g/mol. The average Bonchev–Trinajstić information content (AvgIpc) is 3.23. The van der Waals surface area contributed by atoms with E-state index in [9.17, 15) is 14.9 Å². The predicted molar refractivity (Wildman–Crippen MR) is 110 cm³/mol. The zero-order valence-electron chi connectivity index (χ0n) is 15.9. The van der Waals surface area contributed by atoms with Crippen LogP contribution in [0.4, 0.5) is 5.69 Å². The summed E-state index contributed by atoms with van der Waals surface area (Å²) in [5.74, 6) is 0.462. The van der Waals surface area contributed by atoms with Crippen molar-refractivity contribution in [2.45, 2.75) is 43.3 Å². The first-order valence-electron chi connectivity index (χ1n) is 9.37. The molecule has 2 aromatic heterocycles. The number of thioether (sulfide) groups is 1. The molecule has 1 aliphatic heterocycles. The van der Waals surface area contributed by atoms with Crippen LogP contribution in [0.1, 0.15) is 24.0 Å². The maximum Gasteiger partial charge on any atom is 0.272 e. The van der Waals surface area contributed by atoms with E-state index in [1.54, 1.807) is 35.9 Å². The highest BCUT2D eigenvalue weighted by atomic mass is 32.2. The number of hydrogen-bond acceptors (Lipinski definition) is 7. The summed E-state index contributed by atoms with van der Waals surface area (Å²) in [7, 11) is 0. The van der Waals surface area contributed by atoms with E-state index < -0.39 is 0 Å². The summed E-state index contributed by atoms with van der Waals surface area (Å²) in [5.41, 5.74) is 1.81. The fraction of sp³-hybridized carbons (Fsp3) is 0.350. The van der Waals surface area contributed by atoms with Crippen LogP contribution in [0.3, 0.4) is 0 Å². The van der Waals surface area contributed by atoms with Crippen LogP contribution in [-0.4, -0.2) is 32.2 Å². The standard InChI is InChI=1S/C20H20N4O4S/c1-13-14(5-2-8-17(13)24(26)27)12-29-20-22-18-16(7-3-9-21-18)19(25)23(20)11-15-6-4-10-28-15/h2-3,5,7-9,15H,4,6,10-12H2,1H3. The zero-order chi connectivity index (χ0) is 20.4. The highest BCUT2D eigenvalue weighted by molar-refractivity contribution is 7.98. The Morgan fingerprint density at radius 3 is 2.97 bits per heavy atom. The van der Waals surface area contributed by atoms with Crippen molar-refractivity contribution in [3.8, 4) is 0 Å². The molecule has 0 spiro atoms. The van der Waals surface area contributed by atoms with Crippen LogP contribution < -0.4 is 5.56 Å². The minimum atomic E-state index is -0.380. The maximum atomic E-state index is 13.1. The van der Waals surface area contributed by atoms with Crippen molar-refractivity contribution in [2.75, 3.05) is 6.61 Å². The summed E-state index contributed by atoms with van der Waals surface area (Å²) in [6.45, 7) is 2.88. The summed E-state index contributed by atoms with van der Waals surface area (Å²) < 4.78 is 7.37. The van der Waals surface area contributed by atoms with Crippen molar-refractivity contribution in [2.24, 2.45) is 0 Å². The van der Waals surface area contributed by atoms with E-state index in [2.05, 4.69) is 9.97 Å². The van der Waals surface area contributed by atoms with E-state index in [0.29, 0.717) is 40.7 Å². The Labute approximate surface area is 171 Å². The van der Waals surface area contributed by atoms with Crippen molar-refractivity contribution in [3.05, 3.63) is 68.1 Å². The Morgan fingerprint density at radius 1 is 1.34 bits per heavy atom. The number of aromatic nitrogens is 3. The van der Waals surface area contributed by atoms with Crippen molar-refractivity contribution >= 4 is 28.5 Å². The summed E-state index contributed by atoms with van der Waals surface area (Å²) >= 11 is 1.38. The van der Waals surface area contributed by atoms with Gasteiger partial charge in [0.2, 0.25) is 0 Å². The minimum absolute atomic E-state index is 0.0116. The van der Waals surface area contributed by atoms with E-state index in [1.165, 1.54) is 17.8 Å². The molecule has 9 heteroatoms. The van der Waals surface area contributed by atoms with E-state index in [0.717, 1.165) is 18.4 Å². The largest absolute Gasteiger partial charge is 0.376 e. The second kappa shape index (κ2) is 8.30. The number of rotatable bonds is 6. The quantitative estimate of drug-likeness (QED) is 0.264. The van der Waals surface area contributed by atoms with Crippen LogP contribution >= 0.6 is 11.8 Å². The predicted octanol–water partition coefficient (Wildman–Crippen LogP) is 3.48. The Bertz CT molecular complexity index is 1130. The van der Waals surface area contributed by atoms with E-state index >= 15 is 0 Å². The van der Waals surface area contributed by atoms with E-state index in [4.69, 9.17) is 4.74 Å². The molecule has 3 aromatic rings. The number of nitrogens with zero attached hydrogens (tertiary/aromatic N) is 4. The smallest absolute Gasteiger partial charge is 0.272 e. The molecule has 150 valence electrons. The van der Waals surface area contributed by atoms with Crippen LogP contribution in [0, 0.1) is 17.0 Å². The van der Waals surface area contributed by atoms with Crippen LogP contribution in [0.5, 0.6) is 0 Å². The number of nitro benzene ring substituents is 1. The Hall–Kier alpha value is -2.78. The van der Waals surface area contributed by atoms with Gasteiger partial charge in [-0.05, 0) is 37.5 Å². The molecule has 3 heterocycles. The van der Waals surface area contributed by atoms with Gasteiger partial charge in [-0.2, -0.15) is 0 Å². The van der Waals surface area contributed by atoms with Crippen LogP contribution in [-0.2, 0) is 17.0 Å². The molecular formula is C20H20N4O4S. The van der Waals surface area contributed by atoms with E-state index in [-0.39, 0.29) is 22.3 Å². The van der Waals surface area contributed by atoms with Crippen LogP contribution in [0.15, 0.2) is 46.5 Å². The molecule has 1 aromatic carbocycles. The third-order valence-corrected chi connectivity index (χ3v) is 6.10. The molecule has 0 radical (unpaired) electrons. The SMILES string of the molecule is Cc1c(CSc2nc3ncccc3c(=O)n2CC2CCCO2)cccc1[N+](=O)[O-]. The normalized spacial score (nSPS) is 16.4. The molecule has 1 unspecified atom stereocenters. The molecule has 0 aliphatic carbocycles. The van der Waals surface area contributed by atoms with Gasteiger partial charge in [-0.15, -0.1) is 0 Å². The first-order chi connectivity index (χ1) is 14.0. The second-order valence-corrected chi connectivity index (χ2v) is 7.87. The Kier molecular flexibility index (Phi) is 5.59. The van der Waals surface area contributed by atoms with Crippen molar-refractivity contribution in [3.63, 3.8) is 0 Å². The first-order valence-corrected chi connectivity index (χ1v) is 10.4. The lowest BCUT2D eigenvalue weighted by Crippen LogP contribution is -2.29. The number of benzene rings is 1. The molecule has 0 amide bonds. The van der Waals surface area contributed by atoms with Crippen LogP contribution in [0.2, 0.25) is 0 Å². The molecule has 8 nitrogen and oxygen atoms in total. The second-order valence-electron chi connectivity index (χ2n) is 6.93. The molecule has 29 heavy (non-hydrogen) atoms. The van der Waals surface area contributed by atoms with Crippen molar-refractivity contribution in [1.82, 2.24) is 14.5 Å². The molecule has 0 N–H and O–H groups in total. The number of ether oxygens (including phenoxy) is 1. The molecule has 1 saturated heterocycles. The van der Waals surface area contributed by atoms with Crippen molar-refractivity contribution < 1.29 is 9.66 Å². The molecule has 1 fully saturated rings. The number of fused-ring (bicyclic) bond motifs is 1. The number of pyridine rings is 1. The maximum absolute atomic E-state index is 13.1. The molecule has 0 bridgehead atoms. The average molecular weight is 412 g/mol. The lowest BCUT2D eigenvalue weighted by molar-refractivity contribution is -0.385. The summed E-state index contributed by atoms with van der Waals surface area (Å²) in [6.07, 6.45) is 3.49. The fourth-order valence-electron chi connectivity index (χ4n) is 3.47. The third-order valence-electron chi connectivity index (χ3n) is 5.08. The van der Waals surface area contributed by atoms with Gasteiger partial charge in [-0.3, -0.25) is 19.5 Å². The highest BCUT2D eigenvalue weighted by Crippen LogP contribution is 2.28. The molecule has 4 rings (SSSR count). The van der Waals surface area contributed by atoms with Crippen LogP contribution in [0.25, 0.3) is 11.0 Å². The van der Waals surface area contributed by atoms with Gasteiger partial charge in [-0.25, -0.2) is 9.97 Å². The van der Waals surface area contributed by atoms with E-state index in [1.807, 2.05) is 6.07 Å². The Balaban J connectivity index is 1.70. The Morgan fingerprint density at radius 2 is 2.21 bits per heavy atom. The lowest BCUT2D eigenvalue weighted by atomic mass is 10.1. The summed E-state index contributed by atoms with van der Waals surface area (Å²) in [4.78, 5) is 32.7. The number of hydrogen-bond donors (Lipinski definition) is 0. The summed E-state index contributed by atoms with van der Waals surface area (Å²) in [5, 5.41) is 12.2. The van der Waals surface area contributed by atoms with Gasteiger partial charge in [0.25, 0.3) is 11.2 Å². The molecule has 1 atom stereocenters. The zero-order valence-corrected chi connectivity index (χ0v) is 16.7. The molecule has 1 aliphatic rings. The summed E-state index contributed by atoms with van der Waals surface area (Å²) in [6, 6.07) is 8.48. The molecule has 0 saturated carbocycles. The van der Waals surface area contributed by atoms with Gasteiger partial charge in [0, 0.05) is 30.2 Å². The van der Waals surface area contributed by atoms with Gasteiger partial charge >= 0.3 is 0 Å². The van der Waals surface area contributed by atoms with Gasteiger partial charge in [0.15, 0.2) is 10.8 Å². The topological polar surface area (TPSA) is 100 Å². The fourth-order valence-corrected chi connectivity index (χ4v) is 4.53. The van der Waals surface area contributed by atoms with Gasteiger partial charge in [-0.1, -0.05) is 23.9 Å². The van der Waals surface area contributed by atoms with Gasteiger partial charge in [0.1, 0.15) is 0 Å². The lowest BCUT2D eigenvalue weighted by Gasteiger charge is -2.16. The first kappa shape index (κ1) is 19.5. The van der Waals surface area contributed by atoms with Crippen molar-refractivity contribution in [1.29, 1.82) is 0 Å².